The molecular formula is C13H9N3O2. The van der Waals surface area contributed by atoms with Crippen LogP contribution in [-0.2, 0) is 0 Å². The monoisotopic (exact) mass is 239 g/mol. The number of rotatable bonds is 0. The van der Waals surface area contributed by atoms with Crippen molar-refractivity contribution in [3.05, 3.63) is 54.7 Å². The molecule has 2 aromatic heterocycles. The average Bonchev–Trinajstić information content (AvgIpc) is 3.08. The summed E-state index contributed by atoms with van der Waals surface area (Å²) in [4.78, 5) is 0. The lowest BCUT2D eigenvalue weighted by Gasteiger charge is -1.78. The lowest BCUT2D eigenvalue weighted by Crippen LogP contribution is -1.63. The molecule has 0 fully saturated rings. The van der Waals surface area contributed by atoms with Gasteiger partial charge in [0.05, 0.1) is 6.20 Å². The van der Waals surface area contributed by atoms with Crippen molar-refractivity contribution >= 4 is 22.1 Å². The summed E-state index contributed by atoms with van der Waals surface area (Å²) in [5, 5.41) is 11.8. The maximum Gasteiger partial charge on any atom is 0.187 e. The maximum atomic E-state index is 4.87. The van der Waals surface area contributed by atoms with Crippen LogP contribution in [0.2, 0.25) is 0 Å². The molecule has 0 bridgehead atoms. The van der Waals surface area contributed by atoms with E-state index in [1.165, 1.54) is 0 Å². The Morgan fingerprint density at radius 2 is 1.56 bits per heavy atom. The first-order chi connectivity index (χ1) is 8.93. The number of hydrogen-bond donors (Lipinski definition) is 0. The van der Waals surface area contributed by atoms with Crippen LogP contribution in [0.4, 0.5) is 0 Å². The molecule has 2 heterocycles. The van der Waals surface area contributed by atoms with Gasteiger partial charge in [0, 0.05) is 10.7 Å². The first kappa shape index (κ1) is 10.5. The van der Waals surface area contributed by atoms with E-state index in [-0.39, 0.29) is 0 Å². The first-order valence-corrected chi connectivity index (χ1v) is 5.40. The predicted octanol–water partition coefficient (Wildman–Crippen LogP) is 3.05. The molecule has 0 amide bonds. The molecule has 4 rings (SSSR count). The number of fused-ring (bicyclic) bond motifs is 2. The van der Waals surface area contributed by atoms with E-state index >= 15 is 0 Å². The van der Waals surface area contributed by atoms with Crippen LogP contribution in [0.15, 0.2) is 63.8 Å². The van der Waals surface area contributed by atoms with Crippen LogP contribution in [-0.4, -0.2) is 15.5 Å². The maximum absolute atomic E-state index is 4.87. The van der Waals surface area contributed by atoms with Crippen LogP contribution in [0, 0.1) is 0 Å². The third-order valence-electron chi connectivity index (χ3n) is 2.41. The highest BCUT2D eigenvalue weighted by atomic mass is 16.5. The van der Waals surface area contributed by atoms with E-state index < -0.39 is 0 Å². The van der Waals surface area contributed by atoms with E-state index in [2.05, 4.69) is 15.5 Å². The third kappa shape index (κ3) is 2.06. The summed E-state index contributed by atoms with van der Waals surface area (Å²) >= 11 is 0. The number of para-hydroxylation sites is 2. The Balaban J connectivity index is 0.000000111. The van der Waals surface area contributed by atoms with Gasteiger partial charge in [0.25, 0.3) is 0 Å². The summed E-state index contributed by atoms with van der Waals surface area (Å²) in [5.41, 5.74) is 2.38. The Morgan fingerprint density at radius 1 is 0.778 bits per heavy atom. The zero-order chi connectivity index (χ0) is 12.2. The number of hydrogen-bond acceptors (Lipinski definition) is 5. The molecule has 5 nitrogen and oxygen atoms in total. The summed E-state index contributed by atoms with van der Waals surface area (Å²) < 4.78 is 9.62. The molecule has 0 radical (unpaired) electrons. The van der Waals surface area contributed by atoms with E-state index in [1.807, 2.05) is 48.5 Å². The highest BCUT2D eigenvalue weighted by Crippen LogP contribution is 2.10. The summed E-state index contributed by atoms with van der Waals surface area (Å²) in [7, 11) is 0. The molecule has 5 heteroatoms. The molecule has 4 aromatic rings. The van der Waals surface area contributed by atoms with Crippen molar-refractivity contribution < 1.29 is 9.05 Å². The van der Waals surface area contributed by atoms with Crippen LogP contribution < -0.4 is 0 Å². The highest BCUT2D eigenvalue weighted by molar-refractivity contribution is 5.75. The Morgan fingerprint density at radius 3 is 2.39 bits per heavy atom. The molecule has 0 N–H and O–H groups in total. The average molecular weight is 239 g/mol. The SMILES string of the molecule is c1ccc2oncc2c1.c1ccc2onnc2c1. The molecule has 18 heavy (non-hydrogen) atoms. The molecule has 0 atom stereocenters. The minimum Gasteiger partial charge on any atom is -0.356 e. The summed E-state index contributed by atoms with van der Waals surface area (Å²) in [6, 6.07) is 15.2. The van der Waals surface area contributed by atoms with E-state index in [0.717, 1.165) is 22.1 Å². The Labute approximate surface area is 102 Å². The van der Waals surface area contributed by atoms with Crippen LogP contribution in [0.1, 0.15) is 0 Å². The topological polar surface area (TPSA) is 65.0 Å². The fourth-order valence-corrected chi connectivity index (χ4v) is 1.54. The first-order valence-electron chi connectivity index (χ1n) is 5.40. The van der Waals surface area contributed by atoms with E-state index in [0.29, 0.717) is 0 Å². The van der Waals surface area contributed by atoms with Crippen molar-refractivity contribution in [3.63, 3.8) is 0 Å². The van der Waals surface area contributed by atoms with Gasteiger partial charge in [-0.2, -0.15) is 0 Å². The molecule has 0 spiro atoms. The molecule has 0 unspecified atom stereocenters. The van der Waals surface area contributed by atoms with E-state index in [4.69, 9.17) is 9.05 Å². The standard InChI is InChI=1S/C7H5NO.C6H4N2O/c1-2-4-7-6(3-1)5-8-9-7;1-2-4-6-5(3-1)7-8-9-6/h1-5H;1-4H. The fourth-order valence-electron chi connectivity index (χ4n) is 1.54. The zero-order valence-corrected chi connectivity index (χ0v) is 9.35. The van der Waals surface area contributed by atoms with Gasteiger partial charge in [-0.05, 0) is 24.3 Å². The van der Waals surface area contributed by atoms with Crippen molar-refractivity contribution in [2.24, 2.45) is 0 Å². The zero-order valence-electron chi connectivity index (χ0n) is 9.35. The van der Waals surface area contributed by atoms with Gasteiger partial charge in [0.2, 0.25) is 0 Å². The van der Waals surface area contributed by atoms with E-state index in [1.54, 1.807) is 6.20 Å². The van der Waals surface area contributed by atoms with Gasteiger partial charge in [-0.15, -0.1) is 5.10 Å². The highest BCUT2D eigenvalue weighted by Gasteiger charge is 1.93. The Kier molecular flexibility index (Phi) is 2.71. The van der Waals surface area contributed by atoms with Crippen LogP contribution in [0.3, 0.4) is 0 Å². The van der Waals surface area contributed by atoms with Gasteiger partial charge in [-0.3, -0.25) is 0 Å². The summed E-state index contributed by atoms with van der Waals surface area (Å²) in [6.07, 6.45) is 1.70. The Hall–Kier alpha value is -2.69. The predicted molar refractivity (Wildman–Crippen MR) is 65.8 cm³/mol. The number of aromatic nitrogens is 3. The third-order valence-corrected chi connectivity index (χ3v) is 2.41. The lowest BCUT2D eigenvalue weighted by atomic mass is 10.3. The van der Waals surface area contributed by atoms with Gasteiger partial charge in [0.1, 0.15) is 5.52 Å². The number of nitrogens with zero attached hydrogens (tertiary/aromatic N) is 3. The van der Waals surface area contributed by atoms with Gasteiger partial charge < -0.3 is 9.05 Å². The molecule has 88 valence electrons. The largest absolute Gasteiger partial charge is 0.356 e. The van der Waals surface area contributed by atoms with Gasteiger partial charge >= 0.3 is 0 Å². The van der Waals surface area contributed by atoms with Crippen molar-refractivity contribution in [3.8, 4) is 0 Å². The van der Waals surface area contributed by atoms with E-state index in [9.17, 15) is 0 Å². The van der Waals surface area contributed by atoms with Crippen molar-refractivity contribution in [1.29, 1.82) is 0 Å². The van der Waals surface area contributed by atoms with Crippen molar-refractivity contribution in [2.45, 2.75) is 0 Å². The Bertz CT molecular complexity index is 634. The molecule has 0 saturated carbocycles. The van der Waals surface area contributed by atoms with Crippen LogP contribution >= 0.6 is 0 Å². The van der Waals surface area contributed by atoms with Gasteiger partial charge in [-0.1, -0.05) is 29.4 Å². The second-order valence-corrected chi connectivity index (χ2v) is 3.60. The van der Waals surface area contributed by atoms with Crippen molar-refractivity contribution in [1.82, 2.24) is 15.5 Å². The lowest BCUT2D eigenvalue weighted by molar-refractivity contribution is 0.424. The summed E-state index contributed by atoms with van der Waals surface area (Å²) in [5.74, 6) is 0. The smallest absolute Gasteiger partial charge is 0.187 e. The second kappa shape index (κ2) is 4.67. The molecule has 0 aliphatic carbocycles. The van der Waals surface area contributed by atoms with Crippen LogP contribution in [0.25, 0.3) is 22.1 Å². The fraction of sp³-hybridized carbons (Fsp3) is 0. The summed E-state index contributed by atoms with van der Waals surface area (Å²) in [6.45, 7) is 0. The van der Waals surface area contributed by atoms with Gasteiger partial charge in [-0.25, -0.2) is 0 Å². The van der Waals surface area contributed by atoms with Gasteiger partial charge in [0.15, 0.2) is 11.2 Å². The minimum atomic E-state index is 0.734. The van der Waals surface area contributed by atoms with Crippen molar-refractivity contribution in [2.75, 3.05) is 0 Å². The normalized spacial score (nSPS) is 10.2. The molecular weight excluding hydrogens is 230 g/mol. The molecule has 0 saturated heterocycles. The number of benzene rings is 2. The molecule has 2 aromatic carbocycles. The quantitative estimate of drug-likeness (QED) is 0.472. The minimum absolute atomic E-state index is 0.734. The second-order valence-electron chi connectivity index (χ2n) is 3.60. The van der Waals surface area contributed by atoms with Crippen LogP contribution in [0.5, 0.6) is 0 Å². The molecule has 0 aliphatic heterocycles. The molecule has 0 aliphatic rings.